The van der Waals surface area contributed by atoms with Gasteiger partial charge in [0.05, 0.1) is 19.1 Å². The molecule has 0 bridgehead atoms. The summed E-state index contributed by atoms with van der Waals surface area (Å²) in [7, 11) is 0. The molecule has 4 nitrogen and oxygen atoms in total. The zero-order chi connectivity index (χ0) is 14.5. The lowest BCUT2D eigenvalue weighted by Gasteiger charge is -2.17. The maximum Gasteiger partial charge on any atom is 0.226 e. The van der Waals surface area contributed by atoms with Gasteiger partial charge in [-0.1, -0.05) is 22.0 Å². The summed E-state index contributed by atoms with van der Waals surface area (Å²) in [5.41, 5.74) is 0. The molecule has 0 radical (unpaired) electrons. The Balaban J connectivity index is 1.73. The van der Waals surface area contributed by atoms with Gasteiger partial charge in [0.1, 0.15) is 5.75 Å². The van der Waals surface area contributed by atoms with Gasteiger partial charge >= 0.3 is 0 Å². The molecule has 0 spiro atoms. The van der Waals surface area contributed by atoms with Crippen molar-refractivity contribution in [2.75, 3.05) is 19.7 Å². The number of halogens is 1. The van der Waals surface area contributed by atoms with Gasteiger partial charge in [-0.2, -0.15) is 0 Å². The first-order valence-corrected chi connectivity index (χ1v) is 7.70. The van der Waals surface area contributed by atoms with Gasteiger partial charge in [-0.05, 0) is 31.5 Å². The van der Waals surface area contributed by atoms with Crippen LogP contribution in [-0.4, -0.2) is 41.7 Å². The second-order valence-electron chi connectivity index (χ2n) is 5.18. The molecule has 2 unspecified atom stereocenters. The molecule has 1 aliphatic rings. The molecular weight excluding hydrogens is 322 g/mol. The molecular formula is C15H20BrNO3. The summed E-state index contributed by atoms with van der Waals surface area (Å²) < 4.78 is 6.52. The lowest BCUT2D eigenvalue weighted by Crippen LogP contribution is -2.31. The Bertz CT molecular complexity index is 464. The Labute approximate surface area is 127 Å². The number of amides is 1. The van der Waals surface area contributed by atoms with Crippen LogP contribution in [0.3, 0.4) is 0 Å². The smallest absolute Gasteiger partial charge is 0.226 e. The fourth-order valence-electron chi connectivity index (χ4n) is 2.38. The zero-order valence-corrected chi connectivity index (χ0v) is 13.2. The molecule has 2 rings (SSSR count). The number of hydrogen-bond donors (Lipinski definition) is 1. The highest BCUT2D eigenvalue weighted by atomic mass is 79.9. The summed E-state index contributed by atoms with van der Waals surface area (Å²) in [4.78, 5) is 13.8. The number of nitrogens with zero attached hydrogens (tertiary/aromatic N) is 1. The highest BCUT2D eigenvalue weighted by Crippen LogP contribution is 2.21. The molecule has 0 aliphatic carbocycles. The second-order valence-corrected chi connectivity index (χ2v) is 6.10. The Hall–Kier alpha value is -1.07. The molecule has 1 fully saturated rings. The SMILES string of the molecule is CC(O)C1CCN(C(=O)CCOc2cccc(Br)c2)C1. The number of hydrogen-bond acceptors (Lipinski definition) is 3. The Morgan fingerprint density at radius 3 is 3.05 bits per heavy atom. The van der Waals surface area contributed by atoms with E-state index in [1.807, 2.05) is 29.2 Å². The largest absolute Gasteiger partial charge is 0.493 e. The normalized spacial score (nSPS) is 19.9. The van der Waals surface area contributed by atoms with Gasteiger partial charge in [-0.3, -0.25) is 4.79 Å². The summed E-state index contributed by atoms with van der Waals surface area (Å²) in [6.07, 6.45) is 0.917. The van der Waals surface area contributed by atoms with E-state index in [2.05, 4.69) is 15.9 Å². The third-order valence-electron chi connectivity index (χ3n) is 3.64. The highest BCUT2D eigenvalue weighted by molar-refractivity contribution is 9.10. The van der Waals surface area contributed by atoms with Gasteiger partial charge in [-0.15, -0.1) is 0 Å². The van der Waals surface area contributed by atoms with Crippen LogP contribution in [0.1, 0.15) is 19.8 Å². The quantitative estimate of drug-likeness (QED) is 0.894. The van der Waals surface area contributed by atoms with Crippen molar-refractivity contribution < 1.29 is 14.6 Å². The minimum atomic E-state index is -0.342. The predicted molar refractivity (Wildman–Crippen MR) is 80.6 cm³/mol. The highest BCUT2D eigenvalue weighted by Gasteiger charge is 2.28. The topological polar surface area (TPSA) is 49.8 Å². The van der Waals surface area contributed by atoms with Crippen LogP contribution in [-0.2, 0) is 4.79 Å². The maximum absolute atomic E-state index is 12.0. The van der Waals surface area contributed by atoms with E-state index < -0.39 is 0 Å². The fraction of sp³-hybridized carbons (Fsp3) is 0.533. The van der Waals surface area contributed by atoms with E-state index in [0.717, 1.165) is 23.2 Å². The van der Waals surface area contributed by atoms with E-state index in [1.54, 1.807) is 6.92 Å². The van der Waals surface area contributed by atoms with Crippen LogP contribution < -0.4 is 4.74 Å². The van der Waals surface area contributed by atoms with Gasteiger partial charge in [0.25, 0.3) is 0 Å². The summed E-state index contributed by atoms with van der Waals surface area (Å²) in [6, 6.07) is 7.58. The molecule has 20 heavy (non-hydrogen) atoms. The number of carbonyl (C=O) groups excluding carboxylic acids is 1. The molecule has 110 valence electrons. The van der Waals surface area contributed by atoms with Crippen molar-refractivity contribution in [1.29, 1.82) is 0 Å². The van der Waals surface area contributed by atoms with Gasteiger partial charge in [-0.25, -0.2) is 0 Å². The summed E-state index contributed by atoms with van der Waals surface area (Å²) in [6.45, 7) is 3.57. The molecule has 0 saturated carbocycles. The lowest BCUT2D eigenvalue weighted by molar-refractivity contribution is -0.130. The second kappa shape index (κ2) is 7.09. The van der Waals surface area contributed by atoms with Gasteiger partial charge in [0.2, 0.25) is 5.91 Å². The van der Waals surface area contributed by atoms with Crippen LogP contribution in [0.15, 0.2) is 28.7 Å². The predicted octanol–water partition coefficient (Wildman–Crippen LogP) is 2.45. The molecule has 1 aromatic rings. The van der Waals surface area contributed by atoms with Crippen LogP contribution in [0.4, 0.5) is 0 Å². The minimum absolute atomic E-state index is 0.100. The molecule has 1 amide bonds. The summed E-state index contributed by atoms with van der Waals surface area (Å²) in [5, 5.41) is 9.54. The first kappa shape index (κ1) is 15.3. The molecule has 1 aliphatic heterocycles. The standard InChI is InChI=1S/C15H20BrNO3/c1-11(18)12-5-7-17(10-12)15(19)6-8-20-14-4-2-3-13(16)9-14/h2-4,9,11-12,18H,5-8,10H2,1H3. The average Bonchev–Trinajstić information content (AvgIpc) is 2.88. The molecule has 1 aromatic carbocycles. The third kappa shape index (κ3) is 4.21. The van der Waals surface area contributed by atoms with Crippen LogP contribution >= 0.6 is 15.9 Å². The van der Waals surface area contributed by atoms with E-state index in [1.165, 1.54) is 0 Å². The number of carbonyl (C=O) groups is 1. The maximum atomic E-state index is 12.0. The van der Waals surface area contributed by atoms with E-state index in [0.29, 0.717) is 19.6 Å². The Morgan fingerprint density at radius 2 is 2.40 bits per heavy atom. The number of likely N-dealkylation sites (tertiary alicyclic amines) is 1. The number of rotatable bonds is 5. The number of aliphatic hydroxyl groups excluding tert-OH is 1. The van der Waals surface area contributed by atoms with Crippen LogP contribution in [0.2, 0.25) is 0 Å². The molecule has 0 aromatic heterocycles. The van der Waals surface area contributed by atoms with E-state index >= 15 is 0 Å². The van der Waals surface area contributed by atoms with Crippen molar-refractivity contribution >= 4 is 21.8 Å². The Morgan fingerprint density at radius 1 is 1.60 bits per heavy atom. The van der Waals surface area contributed by atoms with Crippen LogP contribution in [0, 0.1) is 5.92 Å². The summed E-state index contributed by atoms with van der Waals surface area (Å²) in [5.74, 6) is 1.07. The molecule has 1 N–H and O–H groups in total. The van der Waals surface area contributed by atoms with Gasteiger partial charge in [0, 0.05) is 23.5 Å². The fourth-order valence-corrected chi connectivity index (χ4v) is 2.76. The summed E-state index contributed by atoms with van der Waals surface area (Å²) >= 11 is 3.38. The van der Waals surface area contributed by atoms with Crippen LogP contribution in [0.5, 0.6) is 5.75 Å². The van der Waals surface area contributed by atoms with E-state index in [-0.39, 0.29) is 17.9 Å². The molecule has 1 heterocycles. The van der Waals surface area contributed by atoms with Crippen molar-refractivity contribution in [2.45, 2.75) is 25.9 Å². The minimum Gasteiger partial charge on any atom is -0.493 e. The first-order chi connectivity index (χ1) is 9.56. The van der Waals surface area contributed by atoms with Crippen molar-refractivity contribution in [3.8, 4) is 5.75 Å². The van der Waals surface area contributed by atoms with Crippen molar-refractivity contribution in [3.05, 3.63) is 28.7 Å². The first-order valence-electron chi connectivity index (χ1n) is 6.90. The van der Waals surface area contributed by atoms with Crippen molar-refractivity contribution in [1.82, 2.24) is 4.90 Å². The van der Waals surface area contributed by atoms with E-state index in [9.17, 15) is 9.90 Å². The average molecular weight is 342 g/mol. The van der Waals surface area contributed by atoms with Gasteiger partial charge in [0.15, 0.2) is 0 Å². The zero-order valence-electron chi connectivity index (χ0n) is 11.6. The van der Waals surface area contributed by atoms with Crippen LogP contribution in [0.25, 0.3) is 0 Å². The molecule has 5 heteroatoms. The van der Waals surface area contributed by atoms with Crippen molar-refractivity contribution in [2.24, 2.45) is 5.92 Å². The molecule has 2 atom stereocenters. The third-order valence-corrected chi connectivity index (χ3v) is 4.13. The Kier molecular flexibility index (Phi) is 5.43. The van der Waals surface area contributed by atoms with Crippen molar-refractivity contribution in [3.63, 3.8) is 0 Å². The molecule has 1 saturated heterocycles. The number of ether oxygens (including phenoxy) is 1. The number of benzene rings is 1. The number of aliphatic hydroxyl groups is 1. The van der Waals surface area contributed by atoms with E-state index in [4.69, 9.17) is 4.74 Å². The monoisotopic (exact) mass is 341 g/mol. The lowest BCUT2D eigenvalue weighted by atomic mass is 10.0. The van der Waals surface area contributed by atoms with Gasteiger partial charge < -0.3 is 14.7 Å².